The summed E-state index contributed by atoms with van der Waals surface area (Å²) in [5, 5.41) is 3.17. The highest BCUT2D eigenvalue weighted by Crippen LogP contribution is 2.16. The molecule has 0 amide bonds. The van der Waals surface area contributed by atoms with Gasteiger partial charge in [0.2, 0.25) is 0 Å². The van der Waals surface area contributed by atoms with E-state index in [9.17, 15) is 0 Å². The molecule has 0 bridgehead atoms. The van der Waals surface area contributed by atoms with Gasteiger partial charge in [-0.05, 0) is 19.8 Å². The van der Waals surface area contributed by atoms with Gasteiger partial charge in [0.1, 0.15) is 0 Å². The summed E-state index contributed by atoms with van der Waals surface area (Å²) < 4.78 is 0. The first-order chi connectivity index (χ1) is 6.34. The van der Waals surface area contributed by atoms with Crippen molar-refractivity contribution < 1.29 is 4.84 Å². The maximum atomic E-state index is 5.50. The topological polar surface area (TPSA) is 25.4 Å². The standard InChI is InChI=1S/C9H14N2OS/c1-8-10-6-9(13-8)7-11-4-2-3-5-12-11/h6H,2-5,7H2,1H3. The van der Waals surface area contributed by atoms with Crippen molar-refractivity contribution in [3.63, 3.8) is 0 Å². The van der Waals surface area contributed by atoms with Gasteiger partial charge in [0, 0.05) is 17.6 Å². The smallest absolute Gasteiger partial charge is 0.0897 e. The van der Waals surface area contributed by atoms with E-state index in [2.05, 4.69) is 4.98 Å². The predicted molar refractivity (Wildman–Crippen MR) is 52.4 cm³/mol. The second-order valence-corrected chi connectivity index (χ2v) is 4.57. The summed E-state index contributed by atoms with van der Waals surface area (Å²) >= 11 is 1.75. The van der Waals surface area contributed by atoms with E-state index < -0.39 is 0 Å². The van der Waals surface area contributed by atoms with Gasteiger partial charge in [0.05, 0.1) is 18.2 Å². The van der Waals surface area contributed by atoms with Crippen LogP contribution in [0.2, 0.25) is 0 Å². The van der Waals surface area contributed by atoms with Crippen molar-refractivity contribution in [3.8, 4) is 0 Å². The van der Waals surface area contributed by atoms with E-state index in [4.69, 9.17) is 4.84 Å². The molecule has 4 heteroatoms. The highest BCUT2D eigenvalue weighted by atomic mass is 32.1. The van der Waals surface area contributed by atoms with Crippen LogP contribution in [-0.4, -0.2) is 23.2 Å². The molecule has 1 aliphatic heterocycles. The lowest BCUT2D eigenvalue weighted by Crippen LogP contribution is -2.29. The van der Waals surface area contributed by atoms with Crippen molar-refractivity contribution in [2.45, 2.75) is 26.3 Å². The van der Waals surface area contributed by atoms with E-state index in [1.54, 1.807) is 11.3 Å². The summed E-state index contributed by atoms with van der Waals surface area (Å²) in [4.78, 5) is 11.0. The number of thiazole rings is 1. The van der Waals surface area contributed by atoms with Gasteiger partial charge < -0.3 is 0 Å². The molecule has 0 saturated carbocycles. The van der Waals surface area contributed by atoms with Crippen molar-refractivity contribution in [2.75, 3.05) is 13.2 Å². The average Bonchev–Trinajstić information content (AvgIpc) is 2.53. The maximum Gasteiger partial charge on any atom is 0.0897 e. The second kappa shape index (κ2) is 4.17. The van der Waals surface area contributed by atoms with Gasteiger partial charge in [-0.2, -0.15) is 5.06 Å². The molecule has 0 aromatic carbocycles. The molecule has 0 spiro atoms. The predicted octanol–water partition coefficient (Wildman–Crippen LogP) is 1.98. The monoisotopic (exact) mass is 198 g/mol. The zero-order valence-electron chi connectivity index (χ0n) is 7.82. The van der Waals surface area contributed by atoms with Crippen LogP contribution in [-0.2, 0) is 11.4 Å². The Labute approximate surface area is 82.3 Å². The molecular formula is C9H14N2OS. The molecule has 72 valence electrons. The minimum Gasteiger partial charge on any atom is -0.299 e. The van der Waals surface area contributed by atoms with Crippen molar-refractivity contribution in [1.82, 2.24) is 10.0 Å². The van der Waals surface area contributed by atoms with Crippen LogP contribution in [0.15, 0.2) is 6.20 Å². The van der Waals surface area contributed by atoms with Crippen LogP contribution in [0.3, 0.4) is 0 Å². The van der Waals surface area contributed by atoms with E-state index in [-0.39, 0.29) is 0 Å². The van der Waals surface area contributed by atoms with Gasteiger partial charge in [0.15, 0.2) is 0 Å². The summed E-state index contributed by atoms with van der Waals surface area (Å²) in [6.45, 7) is 4.85. The second-order valence-electron chi connectivity index (χ2n) is 3.25. The highest BCUT2D eigenvalue weighted by molar-refractivity contribution is 7.11. The molecule has 0 atom stereocenters. The Kier molecular flexibility index (Phi) is 2.93. The lowest BCUT2D eigenvalue weighted by atomic mass is 10.3. The third-order valence-electron chi connectivity index (χ3n) is 2.08. The molecule has 0 unspecified atom stereocenters. The first-order valence-electron chi connectivity index (χ1n) is 4.64. The molecule has 0 radical (unpaired) electrons. The first kappa shape index (κ1) is 9.12. The molecule has 1 aromatic rings. The zero-order valence-corrected chi connectivity index (χ0v) is 8.64. The minimum atomic E-state index is 0.873. The van der Waals surface area contributed by atoms with Crippen LogP contribution in [0.1, 0.15) is 22.7 Å². The van der Waals surface area contributed by atoms with Gasteiger partial charge >= 0.3 is 0 Å². The zero-order chi connectivity index (χ0) is 9.10. The van der Waals surface area contributed by atoms with Crippen molar-refractivity contribution in [1.29, 1.82) is 0 Å². The minimum absolute atomic E-state index is 0.873. The first-order valence-corrected chi connectivity index (χ1v) is 5.45. The Bertz CT molecular complexity index is 268. The fourth-order valence-corrected chi connectivity index (χ4v) is 2.22. The number of rotatable bonds is 2. The lowest BCUT2D eigenvalue weighted by Gasteiger charge is -2.25. The van der Waals surface area contributed by atoms with Crippen LogP contribution in [0, 0.1) is 6.92 Å². The molecular weight excluding hydrogens is 184 g/mol. The maximum absolute atomic E-state index is 5.50. The Morgan fingerprint density at radius 1 is 1.62 bits per heavy atom. The molecule has 1 aromatic heterocycles. The molecule has 3 nitrogen and oxygen atoms in total. The molecule has 1 aliphatic rings. The molecule has 1 saturated heterocycles. The Morgan fingerprint density at radius 2 is 2.54 bits per heavy atom. The number of nitrogens with zero attached hydrogens (tertiary/aromatic N) is 2. The van der Waals surface area contributed by atoms with Gasteiger partial charge in [-0.25, -0.2) is 4.98 Å². The van der Waals surface area contributed by atoms with E-state index in [1.165, 1.54) is 17.7 Å². The quantitative estimate of drug-likeness (QED) is 0.726. The third-order valence-corrected chi connectivity index (χ3v) is 2.97. The van der Waals surface area contributed by atoms with Gasteiger partial charge in [0.25, 0.3) is 0 Å². The highest BCUT2D eigenvalue weighted by Gasteiger charge is 2.12. The molecule has 0 aliphatic carbocycles. The number of aryl methyl sites for hydroxylation is 1. The summed E-state index contributed by atoms with van der Waals surface area (Å²) in [6, 6.07) is 0. The number of hydrogen-bond acceptors (Lipinski definition) is 4. The number of aromatic nitrogens is 1. The Hall–Kier alpha value is -0.450. The van der Waals surface area contributed by atoms with Crippen LogP contribution in [0.25, 0.3) is 0 Å². The van der Waals surface area contributed by atoms with Crippen LogP contribution in [0.5, 0.6) is 0 Å². The van der Waals surface area contributed by atoms with E-state index in [0.29, 0.717) is 0 Å². The summed E-state index contributed by atoms with van der Waals surface area (Å²) in [7, 11) is 0. The molecule has 13 heavy (non-hydrogen) atoms. The fourth-order valence-electron chi connectivity index (χ4n) is 1.43. The molecule has 2 rings (SSSR count). The van der Waals surface area contributed by atoms with E-state index in [1.807, 2.05) is 18.2 Å². The van der Waals surface area contributed by atoms with E-state index >= 15 is 0 Å². The summed E-state index contributed by atoms with van der Waals surface area (Å²) in [6.07, 6.45) is 4.38. The Balaban J connectivity index is 1.89. The third kappa shape index (κ3) is 2.49. The van der Waals surface area contributed by atoms with Crippen molar-refractivity contribution >= 4 is 11.3 Å². The summed E-state index contributed by atoms with van der Waals surface area (Å²) in [5.41, 5.74) is 0. The van der Waals surface area contributed by atoms with Gasteiger partial charge in [-0.15, -0.1) is 11.3 Å². The SMILES string of the molecule is Cc1ncc(CN2CCCCO2)s1. The van der Waals surface area contributed by atoms with E-state index in [0.717, 1.165) is 24.7 Å². The number of hydrogen-bond donors (Lipinski definition) is 0. The fraction of sp³-hybridized carbons (Fsp3) is 0.667. The number of hydroxylamine groups is 2. The van der Waals surface area contributed by atoms with Gasteiger partial charge in [-0.3, -0.25) is 4.84 Å². The Morgan fingerprint density at radius 3 is 3.15 bits per heavy atom. The molecule has 0 N–H and O–H groups in total. The van der Waals surface area contributed by atoms with Crippen LogP contribution < -0.4 is 0 Å². The van der Waals surface area contributed by atoms with Gasteiger partial charge in [-0.1, -0.05) is 0 Å². The molecule has 2 heterocycles. The van der Waals surface area contributed by atoms with Crippen LogP contribution >= 0.6 is 11.3 Å². The summed E-state index contributed by atoms with van der Waals surface area (Å²) in [5.74, 6) is 0. The largest absolute Gasteiger partial charge is 0.299 e. The average molecular weight is 198 g/mol. The molecule has 1 fully saturated rings. The normalized spacial score (nSPS) is 19.2. The van der Waals surface area contributed by atoms with Crippen molar-refractivity contribution in [2.24, 2.45) is 0 Å². The lowest BCUT2D eigenvalue weighted by molar-refractivity contribution is -0.186. The van der Waals surface area contributed by atoms with Crippen LogP contribution in [0.4, 0.5) is 0 Å². The van der Waals surface area contributed by atoms with Crippen molar-refractivity contribution in [3.05, 3.63) is 16.1 Å².